The first-order valence-electron chi connectivity index (χ1n) is 6.53. The van der Waals surface area contributed by atoms with E-state index in [1.54, 1.807) is 21.1 Å². The molecule has 6 heteroatoms. The number of anilines is 1. The molecule has 6 nitrogen and oxygen atoms in total. The van der Waals surface area contributed by atoms with Crippen LogP contribution >= 0.6 is 0 Å². The van der Waals surface area contributed by atoms with Crippen LogP contribution in [0.2, 0.25) is 0 Å². The summed E-state index contributed by atoms with van der Waals surface area (Å²) in [5.41, 5.74) is 8.37. The molecular weight excluding hydrogens is 268 g/mol. The molecule has 110 valence electrons. The Bertz CT molecular complexity index is 653. The summed E-state index contributed by atoms with van der Waals surface area (Å²) >= 11 is 0. The quantitative estimate of drug-likeness (QED) is 0.885. The fourth-order valence-corrected chi connectivity index (χ4v) is 2.14. The van der Waals surface area contributed by atoms with Gasteiger partial charge in [0.25, 0.3) is 5.91 Å². The highest BCUT2D eigenvalue weighted by atomic mass is 16.5. The molecule has 0 bridgehead atoms. The van der Waals surface area contributed by atoms with Gasteiger partial charge in [0.2, 0.25) is 5.95 Å². The lowest BCUT2D eigenvalue weighted by atomic mass is 10.0. The Morgan fingerprint density at radius 3 is 2.52 bits per heavy atom. The summed E-state index contributed by atoms with van der Waals surface area (Å²) < 4.78 is 5.13. The molecule has 3 N–H and O–H groups in total. The van der Waals surface area contributed by atoms with E-state index < -0.39 is 0 Å². The SMILES string of the molecule is CNC(=O)c1c(C)nc(N)nc1Cc1ccc(OC)cc1. The predicted octanol–water partition coefficient (Wildman–Crippen LogP) is 1.33. The minimum Gasteiger partial charge on any atom is -0.497 e. The molecule has 1 aromatic heterocycles. The second-order valence-electron chi connectivity index (χ2n) is 4.59. The molecule has 0 aliphatic rings. The van der Waals surface area contributed by atoms with Gasteiger partial charge in [0.15, 0.2) is 0 Å². The highest BCUT2D eigenvalue weighted by Gasteiger charge is 2.17. The number of carbonyl (C=O) groups excluding carboxylic acids is 1. The fraction of sp³-hybridized carbons (Fsp3) is 0.267. The summed E-state index contributed by atoms with van der Waals surface area (Å²) in [5, 5.41) is 2.61. The number of nitrogens with zero attached hydrogens (tertiary/aromatic N) is 2. The summed E-state index contributed by atoms with van der Waals surface area (Å²) in [7, 11) is 3.20. The van der Waals surface area contributed by atoms with Gasteiger partial charge in [-0.15, -0.1) is 0 Å². The highest BCUT2D eigenvalue weighted by molar-refractivity contribution is 5.96. The summed E-state index contributed by atoms with van der Waals surface area (Å²) in [5.74, 6) is 0.739. The third-order valence-corrected chi connectivity index (χ3v) is 3.17. The number of aryl methyl sites for hydroxylation is 1. The van der Waals surface area contributed by atoms with Crippen LogP contribution in [0.4, 0.5) is 5.95 Å². The number of rotatable bonds is 4. The number of carbonyl (C=O) groups is 1. The number of amides is 1. The van der Waals surface area contributed by atoms with Gasteiger partial charge < -0.3 is 15.8 Å². The topological polar surface area (TPSA) is 90.1 Å². The van der Waals surface area contributed by atoms with Gasteiger partial charge in [-0.3, -0.25) is 4.79 Å². The van der Waals surface area contributed by atoms with Gasteiger partial charge in [0.05, 0.1) is 24.1 Å². The number of nitrogens with one attached hydrogen (secondary N) is 1. The molecule has 2 aromatic rings. The largest absolute Gasteiger partial charge is 0.497 e. The maximum Gasteiger partial charge on any atom is 0.254 e. The van der Waals surface area contributed by atoms with E-state index in [-0.39, 0.29) is 11.9 Å². The van der Waals surface area contributed by atoms with Crippen LogP contribution in [0, 0.1) is 6.92 Å². The van der Waals surface area contributed by atoms with Crippen LogP contribution in [0.25, 0.3) is 0 Å². The second-order valence-corrected chi connectivity index (χ2v) is 4.59. The lowest BCUT2D eigenvalue weighted by Gasteiger charge is -2.11. The van der Waals surface area contributed by atoms with E-state index in [1.165, 1.54) is 0 Å². The average Bonchev–Trinajstić information content (AvgIpc) is 2.47. The molecule has 0 saturated heterocycles. The maximum atomic E-state index is 12.0. The smallest absolute Gasteiger partial charge is 0.254 e. The van der Waals surface area contributed by atoms with Gasteiger partial charge in [0.1, 0.15) is 5.75 Å². The van der Waals surface area contributed by atoms with Gasteiger partial charge >= 0.3 is 0 Å². The monoisotopic (exact) mass is 286 g/mol. The van der Waals surface area contributed by atoms with Crippen molar-refractivity contribution in [3.63, 3.8) is 0 Å². The van der Waals surface area contributed by atoms with Crippen molar-refractivity contribution in [2.75, 3.05) is 19.9 Å². The van der Waals surface area contributed by atoms with Crippen LogP contribution in [-0.4, -0.2) is 30.0 Å². The van der Waals surface area contributed by atoms with E-state index in [1.807, 2.05) is 24.3 Å². The number of benzene rings is 1. The van der Waals surface area contributed by atoms with E-state index >= 15 is 0 Å². The van der Waals surface area contributed by atoms with Crippen molar-refractivity contribution in [3.8, 4) is 5.75 Å². The van der Waals surface area contributed by atoms with Crippen LogP contribution in [0.15, 0.2) is 24.3 Å². The number of methoxy groups -OCH3 is 1. The van der Waals surface area contributed by atoms with Gasteiger partial charge in [-0.1, -0.05) is 12.1 Å². The Kier molecular flexibility index (Phi) is 4.37. The average molecular weight is 286 g/mol. The molecule has 0 unspecified atom stereocenters. The zero-order valence-corrected chi connectivity index (χ0v) is 12.3. The normalized spacial score (nSPS) is 10.2. The first-order valence-corrected chi connectivity index (χ1v) is 6.53. The Hall–Kier alpha value is -2.63. The number of ether oxygens (including phenoxy) is 1. The van der Waals surface area contributed by atoms with Crippen molar-refractivity contribution in [1.82, 2.24) is 15.3 Å². The first-order chi connectivity index (χ1) is 10.0. The van der Waals surface area contributed by atoms with Gasteiger partial charge in [-0.05, 0) is 24.6 Å². The molecule has 21 heavy (non-hydrogen) atoms. The van der Waals surface area contributed by atoms with E-state index in [9.17, 15) is 4.79 Å². The van der Waals surface area contributed by atoms with Crippen molar-refractivity contribution in [1.29, 1.82) is 0 Å². The van der Waals surface area contributed by atoms with E-state index in [0.717, 1.165) is 11.3 Å². The van der Waals surface area contributed by atoms with Crippen LogP contribution in [-0.2, 0) is 6.42 Å². The Balaban J connectivity index is 2.39. The number of hydrogen-bond acceptors (Lipinski definition) is 5. The summed E-state index contributed by atoms with van der Waals surface area (Å²) in [4.78, 5) is 20.3. The van der Waals surface area contributed by atoms with E-state index in [2.05, 4.69) is 15.3 Å². The van der Waals surface area contributed by atoms with Crippen LogP contribution in [0.5, 0.6) is 5.75 Å². The molecule has 0 atom stereocenters. The molecule has 0 spiro atoms. The van der Waals surface area contributed by atoms with E-state index in [4.69, 9.17) is 10.5 Å². The Morgan fingerprint density at radius 2 is 1.95 bits per heavy atom. The minimum absolute atomic E-state index is 0.170. The lowest BCUT2D eigenvalue weighted by Crippen LogP contribution is -2.23. The number of aromatic nitrogens is 2. The first kappa shape index (κ1) is 14.8. The molecule has 0 aliphatic carbocycles. The van der Waals surface area contributed by atoms with Crippen LogP contribution in [0.3, 0.4) is 0 Å². The van der Waals surface area contributed by atoms with Crippen molar-refractivity contribution in [2.45, 2.75) is 13.3 Å². The Labute approximate surface area is 123 Å². The number of nitrogens with two attached hydrogens (primary N) is 1. The molecular formula is C15H18N4O2. The van der Waals surface area contributed by atoms with E-state index in [0.29, 0.717) is 23.4 Å². The zero-order chi connectivity index (χ0) is 15.4. The lowest BCUT2D eigenvalue weighted by molar-refractivity contribution is 0.0961. The standard InChI is InChI=1S/C15H18N4O2/c1-9-13(14(20)17-2)12(19-15(16)18-9)8-10-4-6-11(21-3)7-5-10/h4-7H,8H2,1-3H3,(H,17,20)(H2,16,18,19). The molecule has 0 aliphatic heterocycles. The van der Waals surface area contributed by atoms with Crippen molar-refractivity contribution in [2.24, 2.45) is 0 Å². The molecule has 1 amide bonds. The minimum atomic E-state index is -0.212. The molecule has 1 heterocycles. The summed E-state index contributed by atoms with van der Waals surface area (Å²) in [6.07, 6.45) is 0.500. The fourth-order valence-electron chi connectivity index (χ4n) is 2.14. The molecule has 0 saturated carbocycles. The van der Waals surface area contributed by atoms with Gasteiger partial charge in [0, 0.05) is 13.5 Å². The highest BCUT2D eigenvalue weighted by Crippen LogP contribution is 2.18. The van der Waals surface area contributed by atoms with Crippen molar-refractivity contribution in [3.05, 3.63) is 46.8 Å². The van der Waals surface area contributed by atoms with Gasteiger partial charge in [-0.25, -0.2) is 9.97 Å². The number of hydrogen-bond donors (Lipinski definition) is 2. The van der Waals surface area contributed by atoms with Crippen LogP contribution < -0.4 is 15.8 Å². The summed E-state index contributed by atoms with van der Waals surface area (Å²) in [6.45, 7) is 1.75. The zero-order valence-electron chi connectivity index (χ0n) is 12.3. The summed E-state index contributed by atoms with van der Waals surface area (Å²) in [6, 6.07) is 7.60. The third-order valence-electron chi connectivity index (χ3n) is 3.17. The van der Waals surface area contributed by atoms with Crippen LogP contribution in [0.1, 0.15) is 27.3 Å². The van der Waals surface area contributed by atoms with Crippen molar-refractivity contribution < 1.29 is 9.53 Å². The number of nitrogen functional groups attached to an aromatic ring is 1. The maximum absolute atomic E-state index is 12.0. The van der Waals surface area contributed by atoms with Crippen molar-refractivity contribution >= 4 is 11.9 Å². The Morgan fingerprint density at radius 1 is 1.29 bits per heavy atom. The second kappa shape index (κ2) is 6.21. The predicted molar refractivity (Wildman–Crippen MR) is 80.4 cm³/mol. The molecule has 1 aromatic carbocycles. The molecule has 2 rings (SSSR count). The molecule has 0 fully saturated rings. The van der Waals surface area contributed by atoms with Gasteiger partial charge in [-0.2, -0.15) is 0 Å². The third kappa shape index (κ3) is 3.28. The molecule has 0 radical (unpaired) electrons.